The number of ether oxygens (including phenoxy) is 2. The maximum absolute atomic E-state index is 12.6. The summed E-state index contributed by atoms with van der Waals surface area (Å²) in [6, 6.07) is 8.64. The Hall–Kier alpha value is -2.84. The van der Waals surface area contributed by atoms with Gasteiger partial charge in [-0.1, -0.05) is 18.2 Å². The SMILES string of the molecule is COc1cccc(C(=O)NCCc2ccc(C(F)(F)F)cc2)c1OC(F)F. The van der Waals surface area contributed by atoms with Crippen molar-refractivity contribution < 1.29 is 36.2 Å². The molecule has 0 aromatic heterocycles. The summed E-state index contributed by atoms with van der Waals surface area (Å²) in [4.78, 5) is 12.3. The first-order valence-electron chi connectivity index (χ1n) is 7.78. The first-order chi connectivity index (χ1) is 12.7. The molecule has 0 aliphatic rings. The van der Waals surface area contributed by atoms with Gasteiger partial charge >= 0.3 is 12.8 Å². The number of nitrogens with one attached hydrogen (secondary N) is 1. The van der Waals surface area contributed by atoms with Crippen LogP contribution in [0, 0.1) is 0 Å². The summed E-state index contributed by atoms with van der Waals surface area (Å²) in [6.45, 7) is -3.05. The van der Waals surface area contributed by atoms with E-state index < -0.39 is 24.3 Å². The normalized spacial score (nSPS) is 11.4. The maximum atomic E-state index is 12.6. The van der Waals surface area contributed by atoms with Gasteiger partial charge in [0.2, 0.25) is 0 Å². The second kappa shape index (κ2) is 8.70. The van der Waals surface area contributed by atoms with Crippen molar-refractivity contribution in [2.45, 2.75) is 19.2 Å². The van der Waals surface area contributed by atoms with Crippen molar-refractivity contribution in [3.05, 3.63) is 59.2 Å². The first kappa shape index (κ1) is 20.5. The van der Waals surface area contributed by atoms with E-state index in [4.69, 9.17) is 4.74 Å². The number of hydrogen-bond acceptors (Lipinski definition) is 3. The van der Waals surface area contributed by atoms with E-state index in [2.05, 4.69) is 10.1 Å². The van der Waals surface area contributed by atoms with Gasteiger partial charge in [-0.05, 0) is 36.2 Å². The summed E-state index contributed by atoms with van der Waals surface area (Å²) in [6.07, 6.45) is -4.15. The van der Waals surface area contributed by atoms with E-state index in [1.54, 1.807) is 0 Å². The largest absolute Gasteiger partial charge is 0.493 e. The number of para-hydroxylation sites is 1. The Morgan fingerprint density at radius 1 is 1.11 bits per heavy atom. The summed E-state index contributed by atoms with van der Waals surface area (Å²) in [5, 5.41) is 2.52. The van der Waals surface area contributed by atoms with Gasteiger partial charge in [-0.15, -0.1) is 0 Å². The van der Waals surface area contributed by atoms with Crippen molar-refractivity contribution in [1.82, 2.24) is 5.32 Å². The Bertz CT molecular complexity index is 776. The molecule has 27 heavy (non-hydrogen) atoms. The second-order valence-electron chi connectivity index (χ2n) is 5.42. The van der Waals surface area contributed by atoms with Crippen LogP contribution in [-0.2, 0) is 12.6 Å². The molecule has 0 radical (unpaired) electrons. The highest BCUT2D eigenvalue weighted by Gasteiger charge is 2.29. The molecular weight excluding hydrogens is 373 g/mol. The van der Waals surface area contributed by atoms with Crippen molar-refractivity contribution in [3.63, 3.8) is 0 Å². The molecule has 0 spiro atoms. The zero-order chi connectivity index (χ0) is 20.0. The highest BCUT2D eigenvalue weighted by Crippen LogP contribution is 2.32. The minimum Gasteiger partial charge on any atom is -0.493 e. The smallest absolute Gasteiger partial charge is 0.416 e. The predicted octanol–water partition coefficient (Wildman–Crippen LogP) is 4.29. The average Bonchev–Trinajstić information content (AvgIpc) is 2.61. The number of halogens is 5. The van der Waals surface area contributed by atoms with Crippen LogP contribution in [0.1, 0.15) is 21.5 Å². The van der Waals surface area contributed by atoms with Gasteiger partial charge in [0, 0.05) is 6.54 Å². The molecule has 1 N–H and O–H groups in total. The van der Waals surface area contributed by atoms with Gasteiger partial charge in [0.1, 0.15) is 0 Å². The number of carbonyl (C=O) groups excluding carboxylic acids is 1. The van der Waals surface area contributed by atoms with Crippen molar-refractivity contribution in [3.8, 4) is 11.5 Å². The predicted molar refractivity (Wildman–Crippen MR) is 87.1 cm³/mol. The molecule has 0 saturated carbocycles. The molecule has 2 aromatic rings. The number of rotatable bonds is 7. The third-order valence-corrected chi connectivity index (χ3v) is 3.63. The summed E-state index contributed by atoms with van der Waals surface area (Å²) < 4.78 is 72.0. The fraction of sp³-hybridized carbons (Fsp3) is 0.278. The molecule has 0 saturated heterocycles. The van der Waals surface area contributed by atoms with Crippen molar-refractivity contribution in [2.24, 2.45) is 0 Å². The van der Waals surface area contributed by atoms with Crippen LogP contribution in [0.25, 0.3) is 0 Å². The van der Waals surface area contributed by atoms with E-state index in [9.17, 15) is 26.7 Å². The lowest BCUT2D eigenvalue weighted by Gasteiger charge is -2.14. The highest BCUT2D eigenvalue weighted by molar-refractivity contribution is 5.97. The molecule has 0 aliphatic carbocycles. The van der Waals surface area contributed by atoms with E-state index in [1.165, 1.54) is 37.4 Å². The van der Waals surface area contributed by atoms with Crippen LogP contribution in [0.5, 0.6) is 11.5 Å². The van der Waals surface area contributed by atoms with Crippen LogP contribution in [0.2, 0.25) is 0 Å². The van der Waals surface area contributed by atoms with Crippen LogP contribution < -0.4 is 14.8 Å². The summed E-state index contributed by atoms with van der Waals surface area (Å²) in [5.41, 5.74) is -0.319. The Morgan fingerprint density at radius 3 is 2.33 bits per heavy atom. The molecule has 0 fully saturated rings. The first-order valence-corrected chi connectivity index (χ1v) is 7.78. The van der Waals surface area contributed by atoms with E-state index in [0.29, 0.717) is 5.56 Å². The minimum absolute atomic E-state index is 0.0225. The lowest BCUT2D eigenvalue weighted by molar-refractivity contribution is -0.137. The summed E-state index contributed by atoms with van der Waals surface area (Å²) in [7, 11) is 1.25. The molecule has 2 rings (SSSR count). The summed E-state index contributed by atoms with van der Waals surface area (Å²) >= 11 is 0. The van der Waals surface area contributed by atoms with E-state index in [0.717, 1.165) is 12.1 Å². The molecule has 2 aromatic carbocycles. The van der Waals surface area contributed by atoms with E-state index in [-0.39, 0.29) is 30.0 Å². The van der Waals surface area contributed by atoms with Crippen LogP contribution in [-0.4, -0.2) is 26.2 Å². The number of benzene rings is 2. The third-order valence-electron chi connectivity index (χ3n) is 3.63. The topological polar surface area (TPSA) is 47.6 Å². The van der Waals surface area contributed by atoms with Crippen LogP contribution in [0.3, 0.4) is 0 Å². The molecule has 0 bridgehead atoms. The van der Waals surface area contributed by atoms with Gasteiger partial charge in [0.05, 0.1) is 18.2 Å². The third kappa shape index (κ3) is 5.57. The molecule has 4 nitrogen and oxygen atoms in total. The number of amides is 1. The molecule has 0 atom stereocenters. The van der Waals surface area contributed by atoms with Gasteiger partial charge in [-0.25, -0.2) is 0 Å². The average molecular weight is 389 g/mol. The number of alkyl halides is 5. The van der Waals surface area contributed by atoms with Crippen LogP contribution in [0.4, 0.5) is 22.0 Å². The Kier molecular flexibility index (Phi) is 6.59. The lowest BCUT2D eigenvalue weighted by atomic mass is 10.1. The second-order valence-corrected chi connectivity index (χ2v) is 5.42. The zero-order valence-electron chi connectivity index (χ0n) is 14.1. The van der Waals surface area contributed by atoms with Gasteiger partial charge in [0.15, 0.2) is 11.5 Å². The van der Waals surface area contributed by atoms with Gasteiger partial charge < -0.3 is 14.8 Å². The molecule has 0 heterocycles. The Labute approximate surface area is 151 Å². The number of carbonyl (C=O) groups is 1. The zero-order valence-corrected chi connectivity index (χ0v) is 14.1. The molecule has 0 unspecified atom stereocenters. The minimum atomic E-state index is -4.42. The van der Waals surface area contributed by atoms with Crippen LogP contribution in [0.15, 0.2) is 42.5 Å². The molecular formula is C18H16F5NO3. The standard InChI is InChI=1S/C18H16F5NO3/c1-26-14-4-2-3-13(15(14)27-17(19)20)16(25)24-10-9-11-5-7-12(8-6-11)18(21,22)23/h2-8,17H,9-10H2,1H3,(H,24,25). The quantitative estimate of drug-likeness (QED) is 0.719. The monoisotopic (exact) mass is 389 g/mol. The summed E-state index contributed by atoms with van der Waals surface area (Å²) in [5.74, 6) is -1.08. The van der Waals surface area contributed by atoms with Gasteiger partial charge in [-0.2, -0.15) is 22.0 Å². The highest BCUT2D eigenvalue weighted by atomic mass is 19.4. The Balaban J connectivity index is 2.02. The fourth-order valence-corrected chi connectivity index (χ4v) is 2.34. The maximum Gasteiger partial charge on any atom is 0.416 e. The number of methoxy groups -OCH3 is 1. The van der Waals surface area contributed by atoms with Gasteiger partial charge in [-0.3, -0.25) is 4.79 Å². The molecule has 1 amide bonds. The van der Waals surface area contributed by atoms with Gasteiger partial charge in [0.25, 0.3) is 5.91 Å². The van der Waals surface area contributed by atoms with E-state index in [1.807, 2.05) is 0 Å². The number of hydrogen-bond donors (Lipinski definition) is 1. The van der Waals surface area contributed by atoms with Crippen molar-refractivity contribution in [1.29, 1.82) is 0 Å². The van der Waals surface area contributed by atoms with Crippen LogP contribution >= 0.6 is 0 Å². The lowest BCUT2D eigenvalue weighted by Crippen LogP contribution is -2.26. The molecule has 9 heteroatoms. The molecule has 0 aliphatic heterocycles. The van der Waals surface area contributed by atoms with Crippen molar-refractivity contribution in [2.75, 3.05) is 13.7 Å². The fourth-order valence-electron chi connectivity index (χ4n) is 2.34. The molecule has 146 valence electrons. The van der Waals surface area contributed by atoms with Crippen molar-refractivity contribution >= 4 is 5.91 Å². The van der Waals surface area contributed by atoms with E-state index >= 15 is 0 Å². The Morgan fingerprint density at radius 2 is 1.78 bits per heavy atom.